The fourth-order valence-corrected chi connectivity index (χ4v) is 5.07. The van der Waals surface area contributed by atoms with E-state index in [-0.39, 0.29) is 5.91 Å². The number of tetrazole rings is 1. The monoisotopic (exact) mass is 504 g/mol. The standard InChI is InChI=1S/C29H28N8O/c1-3-6-26-30-28-18(2)15-21(24-13-14-27(38)32-31-24)16-25(28)37(26)17-19-9-11-20(12-10-19)22-7-4-5-8-23(22)29-33-35-36-34-29/h4-5,7-12,15-16H,3,6,13-14,17H2,1-2H3,(H,32,38)(H,33,34,35,36). The van der Waals surface area contributed by atoms with E-state index in [0.29, 0.717) is 25.2 Å². The summed E-state index contributed by atoms with van der Waals surface area (Å²) in [6, 6.07) is 21.0. The maximum atomic E-state index is 11.6. The maximum absolute atomic E-state index is 11.6. The molecule has 1 aliphatic rings. The number of hydrogen-bond donors (Lipinski definition) is 2. The Morgan fingerprint density at radius 1 is 0.974 bits per heavy atom. The van der Waals surface area contributed by atoms with Gasteiger partial charge in [-0.3, -0.25) is 4.79 Å². The van der Waals surface area contributed by atoms with Gasteiger partial charge in [0, 0.05) is 36.9 Å². The molecule has 6 rings (SSSR count). The Balaban J connectivity index is 1.36. The van der Waals surface area contributed by atoms with Gasteiger partial charge in [0.25, 0.3) is 0 Å². The lowest BCUT2D eigenvalue weighted by atomic mass is 9.98. The van der Waals surface area contributed by atoms with Crippen LogP contribution in [-0.2, 0) is 17.8 Å². The fourth-order valence-electron chi connectivity index (χ4n) is 5.07. The number of nitrogens with zero attached hydrogens (tertiary/aromatic N) is 6. The summed E-state index contributed by atoms with van der Waals surface area (Å²) < 4.78 is 2.32. The molecule has 2 aromatic heterocycles. The third-order valence-corrected chi connectivity index (χ3v) is 6.97. The molecule has 5 aromatic rings. The quantitative estimate of drug-likeness (QED) is 0.330. The minimum Gasteiger partial charge on any atom is -0.323 e. The summed E-state index contributed by atoms with van der Waals surface area (Å²) in [6.45, 7) is 4.99. The fraction of sp³-hybridized carbons (Fsp3) is 0.241. The number of hydrazone groups is 1. The molecule has 1 aliphatic heterocycles. The lowest BCUT2D eigenvalue weighted by Gasteiger charge is -2.14. The summed E-state index contributed by atoms with van der Waals surface area (Å²) in [5, 5.41) is 18.7. The summed E-state index contributed by atoms with van der Waals surface area (Å²) in [7, 11) is 0. The van der Waals surface area contributed by atoms with Crippen LogP contribution in [0.5, 0.6) is 0 Å². The van der Waals surface area contributed by atoms with Gasteiger partial charge >= 0.3 is 0 Å². The van der Waals surface area contributed by atoms with Crippen LogP contribution in [0.15, 0.2) is 65.8 Å². The van der Waals surface area contributed by atoms with Crippen molar-refractivity contribution >= 4 is 22.7 Å². The number of H-pyrrole nitrogens is 1. The van der Waals surface area contributed by atoms with Crippen LogP contribution < -0.4 is 5.43 Å². The topological polar surface area (TPSA) is 114 Å². The van der Waals surface area contributed by atoms with E-state index in [1.807, 2.05) is 18.2 Å². The average Bonchev–Trinajstić information content (AvgIpc) is 3.59. The number of fused-ring (bicyclic) bond motifs is 1. The zero-order chi connectivity index (χ0) is 26.1. The summed E-state index contributed by atoms with van der Waals surface area (Å²) in [5.41, 5.74) is 12.1. The van der Waals surface area contributed by atoms with Crippen LogP contribution in [0.4, 0.5) is 0 Å². The molecule has 0 aliphatic carbocycles. The van der Waals surface area contributed by atoms with Gasteiger partial charge in [-0.05, 0) is 58.2 Å². The Bertz CT molecular complexity index is 1650. The number of rotatable bonds is 7. The van der Waals surface area contributed by atoms with Gasteiger partial charge in [0.1, 0.15) is 5.82 Å². The third-order valence-electron chi connectivity index (χ3n) is 6.97. The van der Waals surface area contributed by atoms with Gasteiger partial charge in [-0.2, -0.15) is 5.10 Å². The van der Waals surface area contributed by atoms with Crippen LogP contribution in [0.1, 0.15) is 48.7 Å². The van der Waals surface area contributed by atoms with E-state index in [4.69, 9.17) is 4.98 Å². The van der Waals surface area contributed by atoms with E-state index in [1.165, 1.54) is 5.56 Å². The largest absolute Gasteiger partial charge is 0.323 e. The van der Waals surface area contributed by atoms with Crippen molar-refractivity contribution in [1.82, 2.24) is 35.6 Å². The van der Waals surface area contributed by atoms with Gasteiger partial charge in [0.05, 0.1) is 16.7 Å². The van der Waals surface area contributed by atoms with Crippen LogP contribution in [-0.4, -0.2) is 41.8 Å². The van der Waals surface area contributed by atoms with E-state index < -0.39 is 0 Å². The van der Waals surface area contributed by atoms with Crippen LogP contribution in [0.25, 0.3) is 33.5 Å². The van der Waals surface area contributed by atoms with Crippen LogP contribution in [0.3, 0.4) is 0 Å². The lowest BCUT2D eigenvalue weighted by molar-refractivity contribution is -0.121. The summed E-state index contributed by atoms with van der Waals surface area (Å²) in [4.78, 5) is 16.6. The first-order chi connectivity index (χ1) is 18.6. The highest BCUT2D eigenvalue weighted by atomic mass is 16.2. The number of aromatic amines is 1. The minimum atomic E-state index is -0.0367. The Labute approximate surface area is 220 Å². The van der Waals surface area contributed by atoms with E-state index in [2.05, 4.69) is 92.0 Å². The predicted octanol–water partition coefficient (Wildman–Crippen LogP) is 4.81. The van der Waals surface area contributed by atoms with Gasteiger partial charge in [0.2, 0.25) is 5.91 Å². The Morgan fingerprint density at radius 3 is 2.50 bits per heavy atom. The minimum absolute atomic E-state index is 0.0367. The second-order valence-electron chi connectivity index (χ2n) is 9.61. The molecule has 3 heterocycles. The van der Waals surface area contributed by atoms with Crippen LogP contribution in [0.2, 0.25) is 0 Å². The molecule has 0 spiro atoms. The molecule has 0 radical (unpaired) electrons. The predicted molar refractivity (Wildman–Crippen MR) is 147 cm³/mol. The number of benzene rings is 3. The first-order valence-electron chi connectivity index (χ1n) is 12.9. The normalized spacial score (nSPS) is 13.5. The number of hydrogen-bond acceptors (Lipinski definition) is 6. The molecule has 2 N–H and O–H groups in total. The summed E-state index contributed by atoms with van der Waals surface area (Å²) in [5.74, 6) is 1.69. The second kappa shape index (κ2) is 10.0. The highest BCUT2D eigenvalue weighted by Crippen LogP contribution is 2.30. The van der Waals surface area contributed by atoms with E-state index >= 15 is 0 Å². The van der Waals surface area contributed by atoms with Crippen molar-refractivity contribution in [1.29, 1.82) is 0 Å². The van der Waals surface area contributed by atoms with Crippen molar-refractivity contribution in [2.45, 2.75) is 46.1 Å². The number of amides is 1. The molecule has 0 saturated carbocycles. The van der Waals surface area contributed by atoms with Crippen molar-refractivity contribution in [2.75, 3.05) is 0 Å². The number of aryl methyl sites for hydroxylation is 2. The Morgan fingerprint density at radius 2 is 1.79 bits per heavy atom. The molecule has 38 heavy (non-hydrogen) atoms. The zero-order valence-electron chi connectivity index (χ0n) is 21.4. The van der Waals surface area contributed by atoms with Crippen molar-refractivity contribution in [3.8, 4) is 22.5 Å². The SMILES string of the molecule is CCCc1nc2c(C)cc(C3=NNC(=O)CC3)cc2n1Cc1ccc(-c2ccccc2-c2nnn[nH]2)cc1. The molecule has 0 unspecified atom stereocenters. The molecular formula is C29H28N8O. The molecule has 3 aromatic carbocycles. The first-order valence-corrected chi connectivity index (χ1v) is 12.9. The van der Waals surface area contributed by atoms with E-state index in [0.717, 1.165) is 63.2 Å². The van der Waals surface area contributed by atoms with Gasteiger partial charge < -0.3 is 4.57 Å². The average molecular weight is 505 g/mol. The molecule has 0 fully saturated rings. The molecular weight excluding hydrogens is 476 g/mol. The van der Waals surface area contributed by atoms with E-state index in [9.17, 15) is 4.79 Å². The lowest BCUT2D eigenvalue weighted by Crippen LogP contribution is -2.25. The molecule has 0 bridgehead atoms. The van der Waals surface area contributed by atoms with Crippen molar-refractivity contribution in [2.24, 2.45) is 5.10 Å². The first kappa shape index (κ1) is 23.7. The van der Waals surface area contributed by atoms with Crippen molar-refractivity contribution in [3.05, 3.63) is 83.2 Å². The maximum Gasteiger partial charge on any atom is 0.240 e. The molecule has 1 amide bonds. The number of carbonyl (C=O) groups is 1. The number of carbonyl (C=O) groups excluding carboxylic acids is 1. The highest BCUT2D eigenvalue weighted by Gasteiger charge is 2.18. The van der Waals surface area contributed by atoms with Gasteiger partial charge in [-0.1, -0.05) is 55.5 Å². The van der Waals surface area contributed by atoms with Gasteiger partial charge in [-0.15, -0.1) is 5.10 Å². The van der Waals surface area contributed by atoms with Crippen LogP contribution in [0, 0.1) is 6.92 Å². The summed E-state index contributed by atoms with van der Waals surface area (Å²) in [6.07, 6.45) is 3.01. The molecule has 9 heteroatoms. The van der Waals surface area contributed by atoms with Crippen molar-refractivity contribution < 1.29 is 4.79 Å². The Hall–Kier alpha value is -4.66. The number of imidazole rings is 1. The van der Waals surface area contributed by atoms with Gasteiger partial charge in [-0.25, -0.2) is 15.5 Å². The Kier molecular flexibility index (Phi) is 6.25. The smallest absolute Gasteiger partial charge is 0.240 e. The molecule has 0 saturated heterocycles. The third kappa shape index (κ3) is 4.47. The zero-order valence-corrected chi connectivity index (χ0v) is 21.4. The highest BCUT2D eigenvalue weighted by molar-refractivity contribution is 6.06. The second-order valence-corrected chi connectivity index (χ2v) is 9.61. The molecule has 190 valence electrons. The molecule has 0 atom stereocenters. The molecule has 9 nitrogen and oxygen atoms in total. The van der Waals surface area contributed by atoms with Crippen LogP contribution >= 0.6 is 0 Å². The number of aromatic nitrogens is 6. The number of nitrogens with one attached hydrogen (secondary N) is 2. The van der Waals surface area contributed by atoms with Gasteiger partial charge in [0.15, 0.2) is 5.82 Å². The van der Waals surface area contributed by atoms with E-state index in [1.54, 1.807) is 0 Å². The van der Waals surface area contributed by atoms with Crippen molar-refractivity contribution in [3.63, 3.8) is 0 Å². The summed E-state index contributed by atoms with van der Waals surface area (Å²) >= 11 is 0.